The van der Waals surface area contributed by atoms with Gasteiger partial charge in [-0.15, -0.1) is 0 Å². The third-order valence-electron chi connectivity index (χ3n) is 3.75. The number of rotatable bonds is 5. The normalized spacial score (nSPS) is 16.7. The molecule has 21 heavy (non-hydrogen) atoms. The Balaban J connectivity index is 1.83. The van der Waals surface area contributed by atoms with Crippen molar-refractivity contribution in [3.8, 4) is 5.75 Å². The number of benzene rings is 1. The van der Waals surface area contributed by atoms with Crippen molar-refractivity contribution >= 4 is 17.3 Å². The van der Waals surface area contributed by atoms with Crippen LogP contribution in [0.15, 0.2) is 18.2 Å². The van der Waals surface area contributed by atoms with Crippen LogP contribution in [-0.4, -0.2) is 62.6 Å². The maximum Gasteiger partial charge on any atom is 0.225 e. The molecule has 1 aliphatic rings. The minimum atomic E-state index is -0.0159. The second-order valence-electron chi connectivity index (χ2n) is 5.40. The molecule has 0 bridgehead atoms. The van der Waals surface area contributed by atoms with Gasteiger partial charge in [-0.05, 0) is 25.2 Å². The van der Waals surface area contributed by atoms with Gasteiger partial charge >= 0.3 is 0 Å². The Morgan fingerprint density at radius 3 is 2.71 bits per heavy atom. The number of nitrogens with zero attached hydrogens (tertiary/aromatic N) is 2. The van der Waals surface area contributed by atoms with Crippen molar-refractivity contribution in [2.45, 2.75) is 6.42 Å². The van der Waals surface area contributed by atoms with Crippen molar-refractivity contribution in [2.24, 2.45) is 0 Å². The molecule has 6 nitrogen and oxygen atoms in total. The lowest BCUT2D eigenvalue weighted by atomic mass is 10.2. The minimum absolute atomic E-state index is 0.0159. The first kappa shape index (κ1) is 15.6. The SMILES string of the molecule is COc1ccc(N)cc1NC(=O)CCN1CCN(C)CC1. The molecule has 116 valence electrons. The maximum absolute atomic E-state index is 12.1. The van der Waals surface area contributed by atoms with Crippen LogP contribution < -0.4 is 15.8 Å². The van der Waals surface area contributed by atoms with Gasteiger partial charge in [0, 0.05) is 44.8 Å². The van der Waals surface area contributed by atoms with Crippen molar-refractivity contribution < 1.29 is 9.53 Å². The summed E-state index contributed by atoms with van der Waals surface area (Å²) in [7, 11) is 3.70. The van der Waals surface area contributed by atoms with Gasteiger partial charge in [0.25, 0.3) is 0 Å². The molecule has 1 saturated heterocycles. The lowest BCUT2D eigenvalue weighted by molar-refractivity contribution is -0.116. The molecule has 1 aromatic rings. The molecular weight excluding hydrogens is 268 g/mol. The van der Waals surface area contributed by atoms with E-state index in [1.807, 2.05) is 0 Å². The van der Waals surface area contributed by atoms with E-state index in [2.05, 4.69) is 22.2 Å². The molecule has 0 atom stereocenters. The number of carbonyl (C=O) groups is 1. The summed E-state index contributed by atoms with van der Waals surface area (Å²) in [4.78, 5) is 16.7. The van der Waals surface area contributed by atoms with Crippen molar-refractivity contribution in [2.75, 3.05) is 57.9 Å². The summed E-state index contributed by atoms with van der Waals surface area (Å²) in [5.41, 5.74) is 6.97. The molecule has 0 aliphatic carbocycles. The molecule has 6 heteroatoms. The summed E-state index contributed by atoms with van der Waals surface area (Å²) < 4.78 is 5.22. The van der Waals surface area contributed by atoms with Gasteiger partial charge in [0.1, 0.15) is 5.75 Å². The second kappa shape index (κ2) is 7.28. The van der Waals surface area contributed by atoms with Crippen LogP contribution in [-0.2, 0) is 4.79 Å². The molecule has 0 unspecified atom stereocenters. The number of nitrogen functional groups attached to an aromatic ring is 1. The maximum atomic E-state index is 12.1. The summed E-state index contributed by atoms with van der Waals surface area (Å²) in [6.45, 7) is 4.94. The number of likely N-dealkylation sites (N-methyl/N-ethyl adjacent to an activating group) is 1. The van der Waals surface area contributed by atoms with Gasteiger partial charge < -0.3 is 25.6 Å². The van der Waals surface area contributed by atoms with Gasteiger partial charge in [-0.2, -0.15) is 0 Å². The van der Waals surface area contributed by atoms with E-state index in [9.17, 15) is 4.79 Å². The topological polar surface area (TPSA) is 70.8 Å². The van der Waals surface area contributed by atoms with Gasteiger partial charge in [0.15, 0.2) is 0 Å². The molecule has 1 fully saturated rings. The van der Waals surface area contributed by atoms with E-state index in [0.29, 0.717) is 23.5 Å². The van der Waals surface area contributed by atoms with E-state index in [4.69, 9.17) is 10.5 Å². The fourth-order valence-corrected chi connectivity index (χ4v) is 2.37. The number of nitrogens with two attached hydrogens (primary N) is 1. The smallest absolute Gasteiger partial charge is 0.225 e. The Morgan fingerprint density at radius 1 is 1.33 bits per heavy atom. The first-order chi connectivity index (χ1) is 10.1. The number of methoxy groups -OCH3 is 1. The molecule has 0 saturated carbocycles. The fourth-order valence-electron chi connectivity index (χ4n) is 2.37. The van der Waals surface area contributed by atoms with Crippen LogP contribution >= 0.6 is 0 Å². The zero-order valence-electron chi connectivity index (χ0n) is 12.8. The summed E-state index contributed by atoms with van der Waals surface area (Å²) >= 11 is 0. The highest BCUT2D eigenvalue weighted by Gasteiger charge is 2.15. The average molecular weight is 292 g/mol. The highest BCUT2D eigenvalue weighted by Crippen LogP contribution is 2.26. The van der Waals surface area contributed by atoms with E-state index in [1.165, 1.54) is 0 Å². The summed E-state index contributed by atoms with van der Waals surface area (Å²) in [6, 6.07) is 5.22. The van der Waals surface area contributed by atoms with Gasteiger partial charge in [0.2, 0.25) is 5.91 Å². The summed E-state index contributed by atoms with van der Waals surface area (Å²) in [6.07, 6.45) is 0.474. The number of hydrogen-bond acceptors (Lipinski definition) is 5. The molecule has 0 radical (unpaired) electrons. The zero-order chi connectivity index (χ0) is 15.2. The Labute approximate surface area is 125 Å². The van der Waals surface area contributed by atoms with Crippen molar-refractivity contribution in [3.63, 3.8) is 0 Å². The third-order valence-corrected chi connectivity index (χ3v) is 3.75. The van der Waals surface area contributed by atoms with E-state index >= 15 is 0 Å². The second-order valence-corrected chi connectivity index (χ2v) is 5.40. The monoisotopic (exact) mass is 292 g/mol. The number of amides is 1. The molecule has 2 rings (SSSR count). The highest BCUT2D eigenvalue weighted by molar-refractivity contribution is 5.93. The Bertz CT molecular complexity index is 485. The van der Waals surface area contributed by atoms with Gasteiger partial charge in [-0.3, -0.25) is 4.79 Å². The van der Waals surface area contributed by atoms with Crippen molar-refractivity contribution in [1.82, 2.24) is 9.80 Å². The lowest BCUT2D eigenvalue weighted by Gasteiger charge is -2.32. The number of nitrogens with one attached hydrogen (secondary N) is 1. The quantitative estimate of drug-likeness (QED) is 0.788. The average Bonchev–Trinajstić information content (AvgIpc) is 2.47. The molecule has 1 aliphatic heterocycles. The molecule has 1 amide bonds. The zero-order valence-corrected chi connectivity index (χ0v) is 12.8. The van der Waals surface area contributed by atoms with E-state index in [0.717, 1.165) is 32.7 Å². The van der Waals surface area contributed by atoms with Gasteiger partial charge in [-0.25, -0.2) is 0 Å². The number of piperazine rings is 1. The predicted molar refractivity (Wildman–Crippen MR) is 84.6 cm³/mol. The van der Waals surface area contributed by atoms with Crippen LogP contribution in [0, 0.1) is 0 Å². The number of carbonyl (C=O) groups excluding carboxylic acids is 1. The lowest BCUT2D eigenvalue weighted by Crippen LogP contribution is -2.45. The van der Waals surface area contributed by atoms with Crippen LogP contribution in [0.4, 0.5) is 11.4 Å². The Hall–Kier alpha value is -1.79. The summed E-state index contributed by atoms with van der Waals surface area (Å²) in [5.74, 6) is 0.606. The molecule has 1 heterocycles. The number of ether oxygens (including phenoxy) is 1. The fraction of sp³-hybridized carbons (Fsp3) is 0.533. The van der Waals surface area contributed by atoms with Crippen molar-refractivity contribution in [1.29, 1.82) is 0 Å². The third kappa shape index (κ3) is 4.61. The first-order valence-electron chi connectivity index (χ1n) is 7.23. The molecular formula is C15H24N4O2. The Morgan fingerprint density at radius 2 is 2.05 bits per heavy atom. The molecule has 1 aromatic carbocycles. The van der Waals surface area contributed by atoms with Crippen LogP contribution in [0.5, 0.6) is 5.75 Å². The number of hydrogen-bond donors (Lipinski definition) is 2. The molecule has 3 N–H and O–H groups in total. The van der Waals surface area contributed by atoms with E-state index in [1.54, 1.807) is 25.3 Å². The standard InChI is InChI=1S/C15H24N4O2/c1-18-7-9-19(10-8-18)6-5-15(20)17-13-11-12(16)3-4-14(13)21-2/h3-4,11H,5-10,16H2,1-2H3,(H,17,20). The molecule has 0 spiro atoms. The van der Waals surface area contributed by atoms with Gasteiger partial charge in [-0.1, -0.05) is 0 Å². The van der Waals surface area contributed by atoms with Crippen LogP contribution in [0.3, 0.4) is 0 Å². The minimum Gasteiger partial charge on any atom is -0.495 e. The first-order valence-corrected chi connectivity index (χ1v) is 7.23. The summed E-state index contributed by atoms with van der Waals surface area (Å²) in [5, 5.41) is 2.87. The number of anilines is 2. The Kier molecular flexibility index (Phi) is 5.41. The predicted octanol–water partition coefficient (Wildman–Crippen LogP) is 0.853. The van der Waals surface area contributed by atoms with E-state index in [-0.39, 0.29) is 5.91 Å². The highest BCUT2D eigenvalue weighted by atomic mass is 16.5. The van der Waals surface area contributed by atoms with E-state index < -0.39 is 0 Å². The largest absolute Gasteiger partial charge is 0.495 e. The van der Waals surface area contributed by atoms with Crippen LogP contribution in [0.25, 0.3) is 0 Å². The van der Waals surface area contributed by atoms with Gasteiger partial charge in [0.05, 0.1) is 12.8 Å². The molecule has 0 aromatic heterocycles. The van der Waals surface area contributed by atoms with Crippen molar-refractivity contribution in [3.05, 3.63) is 18.2 Å². The van der Waals surface area contributed by atoms with Crippen LogP contribution in [0.2, 0.25) is 0 Å². The van der Waals surface area contributed by atoms with Crippen LogP contribution in [0.1, 0.15) is 6.42 Å².